The van der Waals surface area contributed by atoms with Crippen molar-refractivity contribution in [2.75, 3.05) is 0 Å². The van der Waals surface area contributed by atoms with E-state index in [0.717, 1.165) is 72.1 Å². The van der Waals surface area contributed by atoms with Crippen molar-refractivity contribution in [1.29, 1.82) is 5.26 Å². The van der Waals surface area contributed by atoms with Crippen molar-refractivity contribution in [3.8, 4) is 23.1 Å². The molecule has 0 fully saturated rings. The smallest absolute Gasteiger partial charge is 0.463 e. The number of fused-ring (bicyclic) bond motifs is 4. The minimum absolute atomic E-state index is 0. The Morgan fingerprint density at radius 2 is 1.43 bits per heavy atom. The molecule has 0 saturated carbocycles. The molecule has 0 N–H and O–H groups in total. The molecular weight excluding hydrogens is 844 g/mol. The fourth-order valence-electron chi connectivity index (χ4n) is 7.64. The maximum atomic E-state index is 9.90. The number of nitriles is 1. The average Bonchev–Trinajstić information content (AvgIpc) is 3.80. The van der Waals surface area contributed by atoms with E-state index in [2.05, 4.69) is 147 Å². The van der Waals surface area contributed by atoms with Gasteiger partial charge in [0.2, 0.25) is 0 Å². The maximum Gasteiger partial charge on any atom is 2.00 e. The predicted molar refractivity (Wildman–Crippen MR) is 211 cm³/mol. The zero-order valence-electron chi connectivity index (χ0n) is 29.9. The van der Waals surface area contributed by atoms with Crippen molar-refractivity contribution < 1.29 is 25.5 Å². The van der Waals surface area contributed by atoms with Crippen LogP contribution in [0.5, 0.6) is 0 Å². The first-order chi connectivity index (χ1) is 25.8. The predicted octanol–water partition coefficient (Wildman–Crippen LogP) is 11.1. The van der Waals surface area contributed by atoms with Crippen molar-refractivity contribution >= 4 is 32.8 Å². The molecule has 5 aromatic carbocycles. The van der Waals surface area contributed by atoms with Crippen LogP contribution in [-0.2, 0) is 31.9 Å². The molecule has 9 rings (SSSR count). The summed E-state index contributed by atoms with van der Waals surface area (Å²) in [5.41, 5.74) is 9.23. The second-order valence-electron chi connectivity index (χ2n) is 14.5. The first-order valence-electron chi connectivity index (χ1n) is 17.7. The summed E-state index contributed by atoms with van der Waals surface area (Å²) in [5.74, 6) is 0.801. The van der Waals surface area contributed by atoms with Gasteiger partial charge < -0.3 is 14.0 Å². The van der Waals surface area contributed by atoms with Crippen LogP contribution in [0.15, 0.2) is 157 Å². The largest absolute Gasteiger partial charge is 2.00 e. The second-order valence-corrected chi connectivity index (χ2v) is 14.5. The van der Waals surface area contributed by atoms with Gasteiger partial charge >= 0.3 is 21.1 Å². The zero-order chi connectivity index (χ0) is 36.2. The van der Waals surface area contributed by atoms with Crippen LogP contribution < -0.4 is 0 Å². The standard InChI is InChI=1S/C48H34N4O.Pt/c1-47(2,3)37-21-23-50-46(29-37)52-43-20-17-32(30-49)25-41(43)40-19-18-39(28-44(40)52)48(35-12-6-4-7-13-35,36-14-8-5-9-15-36)38-16-10-11-33(26-38)42-27-34-22-24-53-45(34)31-51-42;/h4-25,27,29,31H,1-3H3;/q-2;+2. The van der Waals surface area contributed by atoms with E-state index < -0.39 is 5.41 Å². The van der Waals surface area contributed by atoms with Gasteiger partial charge in [-0.1, -0.05) is 93.0 Å². The molecule has 54 heavy (non-hydrogen) atoms. The number of hydrogen-bond donors (Lipinski definition) is 0. The monoisotopic (exact) mass is 877 g/mol. The first-order valence-corrected chi connectivity index (χ1v) is 17.7. The summed E-state index contributed by atoms with van der Waals surface area (Å²) < 4.78 is 7.79. The maximum absolute atomic E-state index is 9.90. The average molecular weight is 878 g/mol. The number of furan rings is 1. The quantitative estimate of drug-likeness (QED) is 0.123. The third-order valence-electron chi connectivity index (χ3n) is 10.3. The normalized spacial score (nSPS) is 11.8. The Morgan fingerprint density at radius 1 is 0.685 bits per heavy atom. The van der Waals surface area contributed by atoms with E-state index in [-0.39, 0.29) is 26.5 Å². The van der Waals surface area contributed by atoms with E-state index >= 15 is 0 Å². The molecule has 0 aliphatic carbocycles. The van der Waals surface area contributed by atoms with Crippen molar-refractivity contribution in [2.45, 2.75) is 31.6 Å². The molecule has 5 nitrogen and oxygen atoms in total. The molecule has 0 unspecified atom stereocenters. The molecule has 0 spiro atoms. The Hall–Kier alpha value is -6.08. The number of nitrogens with zero attached hydrogens (tertiary/aromatic N) is 4. The van der Waals surface area contributed by atoms with E-state index in [1.54, 1.807) is 12.5 Å². The van der Waals surface area contributed by atoms with Crippen molar-refractivity contribution in [1.82, 2.24) is 14.5 Å². The summed E-state index contributed by atoms with van der Waals surface area (Å²) in [6, 6.07) is 56.1. The van der Waals surface area contributed by atoms with E-state index in [9.17, 15) is 5.26 Å². The Balaban J connectivity index is 0.00000413. The van der Waals surface area contributed by atoms with E-state index in [1.807, 2.05) is 36.5 Å². The Bertz CT molecular complexity index is 2800. The molecular formula is C48H34N4OPt. The van der Waals surface area contributed by atoms with Crippen LogP contribution in [0, 0.1) is 23.5 Å². The summed E-state index contributed by atoms with van der Waals surface area (Å²) in [5, 5.41) is 12.9. The molecule has 9 aromatic rings. The number of rotatable bonds is 6. The van der Waals surface area contributed by atoms with Gasteiger partial charge in [0, 0.05) is 22.5 Å². The van der Waals surface area contributed by atoms with Gasteiger partial charge in [0.15, 0.2) is 0 Å². The minimum atomic E-state index is -0.827. The number of pyridine rings is 2. The van der Waals surface area contributed by atoms with Crippen LogP contribution in [0.3, 0.4) is 0 Å². The van der Waals surface area contributed by atoms with Crippen LogP contribution in [0.25, 0.3) is 49.9 Å². The van der Waals surface area contributed by atoms with Crippen LogP contribution >= 0.6 is 0 Å². The number of hydrogen-bond acceptors (Lipinski definition) is 4. The van der Waals surface area contributed by atoms with Crippen LogP contribution in [0.2, 0.25) is 0 Å². The SMILES string of the molecule is CC(C)(C)c1ccnc(-n2c3[c-]c(C(c4[c-]c(-c5cc6ccoc6cn5)ccc4)(c4ccccc4)c4ccccc4)ccc3c3cc(C#N)ccc32)c1.[Pt+2]. The molecule has 0 aliphatic rings. The van der Waals surface area contributed by atoms with Crippen LogP contribution in [0.4, 0.5) is 0 Å². The number of benzene rings is 5. The topological polar surface area (TPSA) is 67.6 Å². The fourth-order valence-corrected chi connectivity index (χ4v) is 7.64. The number of aromatic nitrogens is 3. The summed E-state index contributed by atoms with van der Waals surface area (Å²) in [4.78, 5) is 9.70. The summed E-state index contributed by atoms with van der Waals surface area (Å²) in [7, 11) is 0. The summed E-state index contributed by atoms with van der Waals surface area (Å²) in [6.45, 7) is 6.63. The summed E-state index contributed by atoms with van der Waals surface area (Å²) >= 11 is 0. The van der Waals surface area contributed by atoms with Gasteiger partial charge in [0.05, 0.1) is 24.1 Å². The van der Waals surface area contributed by atoms with E-state index in [1.165, 1.54) is 5.56 Å². The third kappa shape index (κ3) is 5.75. The molecule has 6 heteroatoms. The van der Waals surface area contributed by atoms with Crippen molar-refractivity contribution in [2.24, 2.45) is 0 Å². The molecule has 0 saturated heterocycles. The molecule has 4 heterocycles. The van der Waals surface area contributed by atoms with Crippen LogP contribution in [-0.4, -0.2) is 14.5 Å². The van der Waals surface area contributed by atoms with Crippen molar-refractivity contribution in [3.05, 3.63) is 198 Å². The summed E-state index contributed by atoms with van der Waals surface area (Å²) in [6.07, 6.45) is 5.34. The molecule has 262 valence electrons. The Morgan fingerprint density at radius 3 is 2.15 bits per heavy atom. The van der Waals surface area contributed by atoms with Gasteiger partial charge in [-0.25, -0.2) is 4.98 Å². The van der Waals surface area contributed by atoms with Gasteiger partial charge in [-0.2, -0.15) is 23.5 Å². The molecule has 4 aromatic heterocycles. The van der Waals surface area contributed by atoms with Crippen LogP contribution in [0.1, 0.15) is 54.2 Å². The Labute approximate surface area is 328 Å². The molecule has 0 amide bonds. The van der Waals surface area contributed by atoms with Crippen molar-refractivity contribution in [3.63, 3.8) is 0 Å². The molecule has 0 bridgehead atoms. The first kappa shape index (κ1) is 35.0. The van der Waals surface area contributed by atoms with Gasteiger partial charge in [-0.3, -0.25) is 0 Å². The second kappa shape index (κ2) is 13.7. The Kier molecular flexibility index (Phi) is 8.89. The van der Waals surface area contributed by atoms with Gasteiger partial charge in [-0.05, 0) is 69.6 Å². The fraction of sp³-hybridized carbons (Fsp3) is 0.104. The van der Waals surface area contributed by atoms with Gasteiger partial charge in [0.1, 0.15) is 11.4 Å². The van der Waals surface area contributed by atoms with Gasteiger partial charge in [0.25, 0.3) is 0 Å². The molecule has 0 radical (unpaired) electrons. The third-order valence-corrected chi connectivity index (χ3v) is 10.3. The minimum Gasteiger partial charge on any atom is -0.463 e. The van der Waals surface area contributed by atoms with Gasteiger partial charge in [-0.15, -0.1) is 46.3 Å². The van der Waals surface area contributed by atoms with E-state index in [0.29, 0.717) is 5.56 Å². The van der Waals surface area contributed by atoms with E-state index in [4.69, 9.17) is 14.4 Å². The molecule has 0 atom stereocenters. The zero-order valence-corrected chi connectivity index (χ0v) is 32.2. The molecule has 0 aliphatic heterocycles.